The molecule has 0 atom stereocenters. The van der Waals surface area contributed by atoms with Crippen LogP contribution >= 0.6 is 11.6 Å². The molecule has 0 aliphatic heterocycles. The zero-order valence-electron chi connectivity index (χ0n) is 7.06. The van der Waals surface area contributed by atoms with Gasteiger partial charge in [0, 0.05) is 5.56 Å². The zero-order valence-corrected chi connectivity index (χ0v) is 7.82. The van der Waals surface area contributed by atoms with Crippen LogP contribution in [-0.2, 0) is 0 Å². The average Bonchev–Trinajstić information content (AvgIpc) is 2.60. The van der Waals surface area contributed by atoms with Crippen molar-refractivity contribution in [2.75, 3.05) is 0 Å². The van der Waals surface area contributed by atoms with Gasteiger partial charge >= 0.3 is 0 Å². The van der Waals surface area contributed by atoms with E-state index in [1.807, 2.05) is 0 Å². The van der Waals surface area contributed by atoms with E-state index in [0.717, 1.165) is 12.1 Å². The van der Waals surface area contributed by atoms with Crippen molar-refractivity contribution in [1.29, 1.82) is 0 Å². The summed E-state index contributed by atoms with van der Waals surface area (Å²) in [6.07, 6.45) is 0. The molecule has 0 bridgehead atoms. The highest BCUT2D eigenvalue weighted by Gasteiger charge is 2.13. The number of aromatic amines is 1. The molecule has 0 aliphatic carbocycles. The number of aromatic nitrogens is 3. The van der Waals surface area contributed by atoms with Gasteiger partial charge in [0.1, 0.15) is 0 Å². The van der Waals surface area contributed by atoms with E-state index in [1.54, 1.807) is 0 Å². The van der Waals surface area contributed by atoms with Crippen LogP contribution in [0.5, 0.6) is 0 Å². The lowest BCUT2D eigenvalue weighted by molar-refractivity contribution is 0.447. The fourth-order valence-electron chi connectivity index (χ4n) is 1.06. The molecule has 7 heteroatoms. The van der Waals surface area contributed by atoms with Crippen LogP contribution in [0.3, 0.4) is 0 Å². The molecule has 15 heavy (non-hydrogen) atoms. The number of H-pyrrole nitrogens is 1. The largest absolute Gasteiger partial charge is 0.249 e. The first-order valence-corrected chi connectivity index (χ1v) is 4.18. The molecule has 0 radical (unpaired) electrons. The maximum atomic E-state index is 12.8. The summed E-state index contributed by atoms with van der Waals surface area (Å²) < 4.78 is 38.2. The van der Waals surface area contributed by atoms with E-state index in [1.165, 1.54) is 0 Å². The van der Waals surface area contributed by atoms with Gasteiger partial charge in [0.25, 0.3) is 0 Å². The lowest BCUT2D eigenvalue weighted by Crippen LogP contribution is -1.92. The third-order valence-corrected chi connectivity index (χ3v) is 1.87. The van der Waals surface area contributed by atoms with Gasteiger partial charge in [-0.2, -0.15) is 10.1 Å². The predicted molar refractivity (Wildman–Crippen MR) is 46.7 cm³/mol. The third kappa shape index (κ3) is 1.80. The second kappa shape index (κ2) is 3.54. The highest BCUT2D eigenvalue weighted by atomic mass is 35.5. The number of nitrogens with one attached hydrogen (secondary N) is 1. The van der Waals surface area contributed by atoms with E-state index in [0.29, 0.717) is 0 Å². The summed E-state index contributed by atoms with van der Waals surface area (Å²) in [6, 6.07) is 1.58. The number of halogens is 4. The lowest BCUT2D eigenvalue weighted by Gasteiger charge is -1.98. The molecule has 2 aromatic rings. The van der Waals surface area contributed by atoms with Gasteiger partial charge in [0.2, 0.25) is 5.28 Å². The molecule has 0 unspecified atom stereocenters. The van der Waals surface area contributed by atoms with Crippen molar-refractivity contribution in [2.45, 2.75) is 0 Å². The summed E-state index contributed by atoms with van der Waals surface area (Å²) >= 11 is 5.43. The maximum absolute atomic E-state index is 12.8. The Kier molecular flexibility index (Phi) is 2.36. The summed E-state index contributed by atoms with van der Waals surface area (Å²) in [5, 5.41) is 5.84. The number of benzene rings is 1. The van der Waals surface area contributed by atoms with Crippen LogP contribution in [0.25, 0.3) is 11.4 Å². The fourth-order valence-corrected chi connectivity index (χ4v) is 1.18. The van der Waals surface area contributed by atoms with Gasteiger partial charge in [-0.15, -0.1) is 0 Å². The van der Waals surface area contributed by atoms with E-state index in [-0.39, 0.29) is 16.7 Å². The Hall–Kier alpha value is -1.56. The minimum atomic E-state index is -1.53. The van der Waals surface area contributed by atoms with Crippen molar-refractivity contribution in [1.82, 2.24) is 15.2 Å². The van der Waals surface area contributed by atoms with Crippen LogP contribution in [0.1, 0.15) is 0 Å². The van der Waals surface area contributed by atoms with Crippen molar-refractivity contribution < 1.29 is 13.2 Å². The summed E-state index contributed by atoms with van der Waals surface area (Å²) in [7, 11) is 0. The molecule has 1 aromatic heterocycles. The van der Waals surface area contributed by atoms with Crippen LogP contribution < -0.4 is 0 Å². The van der Waals surface area contributed by atoms with E-state index >= 15 is 0 Å². The average molecular weight is 234 g/mol. The molecule has 0 aliphatic rings. The molecule has 0 spiro atoms. The predicted octanol–water partition coefficient (Wildman–Crippen LogP) is 2.54. The zero-order chi connectivity index (χ0) is 11.0. The Balaban J connectivity index is 2.55. The molecule has 1 N–H and O–H groups in total. The summed E-state index contributed by atoms with van der Waals surface area (Å²) in [5.74, 6) is -4.13. The number of hydrogen-bond donors (Lipinski definition) is 1. The summed E-state index contributed by atoms with van der Waals surface area (Å²) in [6.45, 7) is 0. The summed E-state index contributed by atoms with van der Waals surface area (Å²) in [5.41, 5.74) is 0.00884. The Morgan fingerprint density at radius 1 is 1.13 bits per heavy atom. The summed E-state index contributed by atoms with van der Waals surface area (Å²) in [4.78, 5) is 3.64. The molecule has 1 aromatic carbocycles. The SMILES string of the molecule is Fc1cc(-c2n[nH]c(Cl)n2)cc(F)c1F. The highest BCUT2D eigenvalue weighted by Crippen LogP contribution is 2.21. The van der Waals surface area contributed by atoms with Crippen molar-refractivity contribution in [3.05, 3.63) is 34.9 Å². The first-order valence-electron chi connectivity index (χ1n) is 3.81. The molecular formula is C8H3ClF3N3. The Labute approximate surface area is 86.9 Å². The van der Waals surface area contributed by atoms with Gasteiger partial charge in [0.05, 0.1) is 0 Å². The molecule has 78 valence electrons. The molecule has 0 saturated carbocycles. The quantitative estimate of drug-likeness (QED) is 0.769. The van der Waals surface area contributed by atoms with Crippen molar-refractivity contribution in [3.8, 4) is 11.4 Å². The molecular weight excluding hydrogens is 231 g/mol. The molecule has 0 fully saturated rings. The number of hydrogen-bond acceptors (Lipinski definition) is 2. The minimum Gasteiger partial charge on any atom is -0.249 e. The first kappa shape index (κ1) is 9.97. The second-order valence-electron chi connectivity index (χ2n) is 2.70. The van der Waals surface area contributed by atoms with E-state index in [2.05, 4.69) is 15.2 Å². The van der Waals surface area contributed by atoms with Gasteiger partial charge in [0.15, 0.2) is 23.3 Å². The van der Waals surface area contributed by atoms with Crippen molar-refractivity contribution in [2.24, 2.45) is 0 Å². The molecule has 0 saturated heterocycles. The standard InChI is InChI=1S/C8H3ClF3N3/c9-8-13-7(14-15-8)3-1-4(10)6(12)5(11)2-3/h1-2H,(H,13,14,15). The van der Waals surface area contributed by atoms with Gasteiger partial charge in [-0.1, -0.05) is 0 Å². The topological polar surface area (TPSA) is 41.6 Å². The molecule has 0 amide bonds. The molecule has 2 rings (SSSR count). The minimum absolute atomic E-state index is 0.00204. The first-order chi connectivity index (χ1) is 7.08. The third-order valence-electron chi connectivity index (χ3n) is 1.70. The van der Waals surface area contributed by atoms with Crippen LogP contribution in [0, 0.1) is 17.5 Å². The van der Waals surface area contributed by atoms with E-state index in [9.17, 15) is 13.2 Å². The Morgan fingerprint density at radius 3 is 2.20 bits per heavy atom. The fraction of sp³-hybridized carbons (Fsp3) is 0. The highest BCUT2D eigenvalue weighted by molar-refractivity contribution is 6.28. The number of rotatable bonds is 1. The van der Waals surface area contributed by atoms with Gasteiger partial charge in [-0.25, -0.2) is 18.3 Å². The van der Waals surface area contributed by atoms with Gasteiger partial charge in [-0.3, -0.25) is 0 Å². The lowest BCUT2D eigenvalue weighted by atomic mass is 10.2. The second-order valence-corrected chi connectivity index (χ2v) is 3.06. The molecule has 3 nitrogen and oxygen atoms in total. The Bertz CT molecular complexity index is 489. The Morgan fingerprint density at radius 2 is 1.73 bits per heavy atom. The monoisotopic (exact) mass is 233 g/mol. The smallest absolute Gasteiger partial charge is 0.218 e. The normalized spacial score (nSPS) is 10.7. The van der Waals surface area contributed by atoms with Crippen LogP contribution in [0.15, 0.2) is 12.1 Å². The maximum Gasteiger partial charge on any atom is 0.218 e. The van der Waals surface area contributed by atoms with Crippen molar-refractivity contribution >= 4 is 11.6 Å². The van der Waals surface area contributed by atoms with Crippen LogP contribution in [-0.4, -0.2) is 15.2 Å². The van der Waals surface area contributed by atoms with Crippen LogP contribution in [0.4, 0.5) is 13.2 Å². The van der Waals surface area contributed by atoms with Gasteiger partial charge < -0.3 is 0 Å². The van der Waals surface area contributed by atoms with Crippen LogP contribution in [0.2, 0.25) is 5.28 Å². The molecule has 1 heterocycles. The van der Waals surface area contributed by atoms with E-state index < -0.39 is 17.5 Å². The van der Waals surface area contributed by atoms with Gasteiger partial charge in [-0.05, 0) is 23.7 Å². The van der Waals surface area contributed by atoms with Crippen molar-refractivity contribution in [3.63, 3.8) is 0 Å². The van der Waals surface area contributed by atoms with E-state index in [4.69, 9.17) is 11.6 Å². The number of nitrogens with zero attached hydrogens (tertiary/aromatic N) is 2.